The summed E-state index contributed by atoms with van der Waals surface area (Å²) < 4.78 is 6.21. The van der Waals surface area contributed by atoms with Gasteiger partial charge in [-0.3, -0.25) is 0 Å². The fourth-order valence-electron chi connectivity index (χ4n) is 1.89. The minimum absolute atomic E-state index is 0.241. The second-order valence-electron chi connectivity index (χ2n) is 4.37. The van der Waals surface area contributed by atoms with E-state index in [1.54, 1.807) is 12.1 Å². The molecule has 5 heteroatoms. The van der Waals surface area contributed by atoms with Crippen LogP contribution in [0.1, 0.15) is 11.1 Å². The lowest BCUT2D eigenvalue weighted by atomic mass is 10.2. The maximum atomic E-state index is 11.9. The van der Waals surface area contributed by atoms with Crippen molar-refractivity contribution in [2.75, 3.05) is 0 Å². The molecule has 104 valence electrons. The molecule has 0 aliphatic carbocycles. The summed E-state index contributed by atoms with van der Waals surface area (Å²) in [5, 5.41) is 0.503. The number of nitrogens with zero attached hydrogens (tertiary/aromatic N) is 1. The molecule has 2 aromatic carbocycles. The summed E-state index contributed by atoms with van der Waals surface area (Å²) in [6, 6.07) is 15.0. The number of benzene rings is 2. The van der Waals surface area contributed by atoms with Crippen LogP contribution in [-0.4, -0.2) is 11.9 Å². The van der Waals surface area contributed by atoms with E-state index in [2.05, 4.69) is 27.6 Å². The third-order valence-corrected chi connectivity index (χ3v) is 3.88. The maximum Gasteiger partial charge on any atom is 0.363 e. The van der Waals surface area contributed by atoms with Crippen molar-refractivity contribution >= 4 is 52.1 Å². The van der Waals surface area contributed by atoms with Crippen LogP contribution in [0.4, 0.5) is 0 Å². The number of aliphatic imine (C=N–C) groups is 1. The fraction of sp³-hybridized carbons (Fsp3) is 0. The Morgan fingerprint density at radius 1 is 1.14 bits per heavy atom. The third kappa shape index (κ3) is 3.16. The Kier molecular flexibility index (Phi) is 4.07. The number of ether oxygens (including phenoxy) is 1. The second kappa shape index (κ2) is 5.99. The van der Waals surface area contributed by atoms with Gasteiger partial charge in [-0.05, 0) is 52.4 Å². The SMILES string of the molecule is O=C1OC(c2cc(I)ccc2Cl)=NC1=Cc1ccccc1. The number of cyclic esters (lactones) is 1. The van der Waals surface area contributed by atoms with Crippen LogP contribution in [0.3, 0.4) is 0 Å². The summed E-state index contributed by atoms with van der Waals surface area (Å²) in [5.41, 5.74) is 1.78. The Morgan fingerprint density at radius 3 is 2.67 bits per heavy atom. The van der Waals surface area contributed by atoms with E-state index >= 15 is 0 Å². The quantitative estimate of drug-likeness (QED) is 0.422. The van der Waals surface area contributed by atoms with Crippen LogP contribution in [0.15, 0.2) is 59.2 Å². The molecule has 0 unspecified atom stereocenters. The smallest absolute Gasteiger partial charge is 0.363 e. The van der Waals surface area contributed by atoms with Gasteiger partial charge in [0.25, 0.3) is 0 Å². The number of carbonyl (C=O) groups is 1. The third-order valence-electron chi connectivity index (χ3n) is 2.88. The first-order valence-corrected chi connectivity index (χ1v) is 7.62. The van der Waals surface area contributed by atoms with Crippen LogP contribution in [0.2, 0.25) is 5.02 Å². The minimum atomic E-state index is -0.469. The van der Waals surface area contributed by atoms with Gasteiger partial charge in [0.1, 0.15) is 0 Å². The Bertz CT molecular complexity index is 769. The monoisotopic (exact) mass is 409 g/mol. The van der Waals surface area contributed by atoms with Crippen molar-refractivity contribution in [3.63, 3.8) is 0 Å². The molecule has 3 nitrogen and oxygen atoms in total. The van der Waals surface area contributed by atoms with E-state index in [0.717, 1.165) is 9.13 Å². The first-order chi connectivity index (χ1) is 10.1. The van der Waals surface area contributed by atoms with Crippen LogP contribution in [-0.2, 0) is 9.53 Å². The second-order valence-corrected chi connectivity index (χ2v) is 6.02. The number of carbonyl (C=O) groups excluding carboxylic acids is 1. The normalized spacial score (nSPS) is 16.0. The average molecular weight is 410 g/mol. The van der Waals surface area contributed by atoms with Crippen LogP contribution >= 0.6 is 34.2 Å². The summed E-state index contributed by atoms with van der Waals surface area (Å²) in [6.45, 7) is 0. The molecular formula is C16H9ClINO2. The highest BCUT2D eigenvalue weighted by Gasteiger charge is 2.25. The Balaban J connectivity index is 1.99. The highest BCUT2D eigenvalue weighted by Crippen LogP contribution is 2.25. The molecule has 0 atom stereocenters. The van der Waals surface area contributed by atoms with E-state index in [-0.39, 0.29) is 11.6 Å². The minimum Gasteiger partial charge on any atom is -0.402 e. The lowest BCUT2D eigenvalue weighted by Gasteiger charge is -2.02. The van der Waals surface area contributed by atoms with Gasteiger partial charge in [-0.1, -0.05) is 41.9 Å². The van der Waals surface area contributed by atoms with Gasteiger partial charge < -0.3 is 4.74 Å². The summed E-state index contributed by atoms with van der Waals surface area (Å²) in [4.78, 5) is 16.2. The van der Waals surface area contributed by atoms with Crippen LogP contribution in [0.5, 0.6) is 0 Å². The number of esters is 1. The predicted octanol–water partition coefficient (Wildman–Crippen LogP) is 4.29. The lowest BCUT2D eigenvalue weighted by Crippen LogP contribution is -2.06. The molecule has 2 aromatic rings. The highest BCUT2D eigenvalue weighted by molar-refractivity contribution is 14.1. The highest BCUT2D eigenvalue weighted by atomic mass is 127. The zero-order chi connectivity index (χ0) is 14.8. The van der Waals surface area contributed by atoms with Gasteiger partial charge in [0, 0.05) is 3.57 Å². The molecular weight excluding hydrogens is 401 g/mol. The van der Waals surface area contributed by atoms with E-state index in [1.807, 2.05) is 42.5 Å². The van der Waals surface area contributed by atoms with Crippen molar-refractivity contribution < 1.29 is 9.53 Å². The van der Waals surface area contributed by atoms with Crippen LogP contribution in [0, 0.1) is 3.57 Å². The van der Waals surface area contributed by atoms with Crippen molar-refractivity contribution in [3.05, 3.63) is 73.9 Å². The van der Waals surface area contributed by atoms with Crippen LogP contribution in [0.25, 0.3) is 6.08 Å². The molecule has 0 spiro atoms. The Hall–Kier alpha value is -1.66. The van der Waals surface area contributed by atoms with Crippen molar-refractivity contribution in [3.8, 4) is 0 Å². The molecule has 0 saturated carbocycles. The largest absolute Gasteiger partial charge is 0.402 e. The molecule has 0 aromatic heterocycles. The molecule has 3 rings (SSSR count). The van der Waals surface area contributed by atoms with Crippen LogP contribution < -0.4 is 0 Å². The first-order valence-electron chi connectivity index (χ1n) is 6.16. The molecule has 21 heavy (non-hydrogen) atoms. The zero-order valence-electron chi connectivity index (χ0n) is 10.7. The molecule has 1 aliphatic rings. The van der Waals surface area contributed by atoms with E-state index in [1.165, 1.54) is 0 Å². The fourth-order valence-corrected chi connectivity index (χ4v) is 2.58. The van der Waals surface area contributed by atoms with E-state index in [0.29, 0.717) is 10.6 Å². The standard InChI is InChI=1S/C16H9ClINO2/c17-13-7-6-11(18)9-12(13)15-19-14(16(20)21-15)8-10-4-2-1-3-5-10/h1-9H. The van der Waals surface area contributed by atoms with Crippen molar-refractivity contribution in [2.45, 2.75) is 0 Å². The molecule has 0 saturated heterocycles. The number of halogens is 2. The van der Waals surface area contributed by atoms with Gasteiger partial charge in [-0.15, -0.1) is 0 Å². The van der Waals surface area contributed by atoms with E-state index in [9.17, 15) is 4.79 Å². The summed E-state index contributed by atoms with van der Waals surface area (Å²) in [6.07, 6.45) is 1.69. The van der Waals surface area contributed by atoms with Gasteiger partial charge in [0.2, 0.25) is 5.90 Å². The predicted molar refractivity (Wildman–Crippen MR) is 91.2 cm³/mol. The topological polar surface area (TPSA) is 38.7 Å². The zero-order valence-corrected chi connectivity index (χ0v) is 13.6. The molecule has 0 N–H and O–H groups in total. The van der Waals surface area contributed by atoms with Crippen molar-refractivity contribution in [1.29, 1.82) is 0 Å². The number of hydrogen-bond acceptors (Lipinski definition) is 3. The van der Waals surface area contributed by atoms with Gasteiger partial charge in [0.05, 0.1) is 10.6 Å². The van der Waals surface area contributed by atoms with E-state index in [4.69, 9.17) is 16.3 Å². The molecule has 0 amide bonds. The van der Waals surface area contributed by atoms with E-state index < -0.39 is 5.97 Å². The molecule has 0 bridgehead atoms. The Labute approximate surface area is 140 Å². The van der Waals surface area contributed by atoms with Crippen molar-refractivity contribution in [1.82, 2.24) is 0 Å². The number of rotatable bonds is 2. The Morgan fingerprint density at radius 2 is 1.90 bits per heavy atom. The summed E-state index contributed by atoms with van der Waals surface area (Å²) in [7, 11) is 0. The molecule has 0 radical (unpaired) electrons. The number of hydrogen-bond donors (Lipinski definition) is 0. The van der Waals surface area contributed by atoms with Gasteiger partial charge in [0.15, 0.2) is 5.70 Å². The molecule has 1 heterocycles. The maximum absolute atomic E-state index is 11.9. The van der Waals surface area contributed by atoms with Crippen molar-refractivity contribution in [2.24, 2.45) is 4.99 Å². The molecule has 1 aliphatic heterocycles. The summed E-state index contributed by atoms with van der Waals surface area (Å²) >= 11 is 8.31. The molecule has 0 fully saturated rings. The lowest BCUT2D eigenvalue weighted by molar-refractivity contribution is -0.129. The van der Waals surface area contributed by atoms with Gasteiger partial charge >= 0.3 is 5.97 Å². The average Bonchev–Trinajstić information content (AvgIpc) is 2.84. The summed E-state index contributed by atoms with van der Waals surface area (Å²) in [5.74, 6) is -0.227. The van der Waals surface area contributed by atoms with Gasteiger partial charge in [-0.25, -0.2) is 9.79 Å². The first kappa shape index (κ1) is 14.3. The van der Waals surface area contributed by atoms with Gasteiger partial charge in [-0.2, -0.15) is 0 Å².